The second kappa shape index (κ2) is 10.2. The Morgan fingerprint density at radius 3 is 1.96 bits per heavy atom. The maximum atomic E-state index is 6.71. The Hall–Kier alpha value is -0.0662. The highest BCUT2D eigenvalue weighted by Gasteiger charge is 2.39. The molecule has 24 heavy (non-hydrogen) atoms. The molecule has 0 saturated heterocycles. The van der Waals surface area contributed by atoms with E-state index in [0.717, 1.165) is 18.6 Å². The first-order valence-electron chi connectivity index (χ1n) is 9.83. The Morgan fingerprint density at radius 2 is 1.50 bits per heavy atom. The highest BCUT2D eigenvalue weighted by molar-refractivity contribution is 6.74. The Labute approximate surface area is 154 Å². The van der Waals surface area contributed by atoms with Crippen LogP contribution in [-0.2, 0) is 8.85 Å². The summed E-state index contributed by atoms with van der Waals surface area (Å²) in [7, 11) is -3.33. The van der Waals surface area contributed by atoms with E-state index in [2.05, 4.69) is 67.0 Å². The van der Waals surface area contributed by atoms with Crippen molar-refractivity contribution < 1.29 is 8.85 Å². The molecule has 144 valence electrons. The molecule has 0 spiro atoms. The molecule has 0 rings (SSSR count). The lowest BCUT2D eigenvalue weighted by molar-refractivity contribution is 0.154. The van der Waals surface area contributed by atoms with Gasteiger partial charge in [-0.05, 0) is 44.2 Å². The highest BCUT2D eigenvalue weighted by atomic mass is 28.4. The van der Waals surface area contributed by atoms with Crippen molar-refractivity contribution in [3.8, 4) is 0 Å². The summed E-state index contributed by atoms with van der Waals surface area (Å²) in [5.74, 6) is 0.923. The normalized spacial score (nSPS) is 14.5. The van der Waals surface area contributed by atoms with Gasteiger partial charge in [0.1, 0.15) is 0 Å². The summed E-state index contributed by atoms with van der Waals surface area (Å²) >= 11 is 0. The molecular formula is C20H44O2Si2. The van der Waals surface area contributed by atoms with Gasteiger partial charge in [-0.2, -0.15) is 0 Å². The third-order valence-electron chi connectivity index (χ3n) is 4.80. The van der Waals surface area contributed by atoms with Crippen molar-refractivity contribution in [1.82, 2.24) is 0 Å². The zero-order valence-corrected chi connectivity index (χ0v) is 20.1. The molecule has 0 N–H and O–H groups in total. The first kappa shape index (κ1) is 23.9. The minimum absolute atomic E-state index is 0.244. The molecule has 0 aliphatic carbocycles. The maximum Gasteiger partial charge on any atom is 0.241 e. The molecule has 0 aliphatic rings. The van der Waals surface area contributed by atoms with E-state index < -0.39 is 16.6 Å². The Kier molecular flexibility index (Phi) is 10.1. The summed E-state index contributed by atoms with van der Waals surface area (Å²) in [6.07, 6.45) is 8.79. The molecule has 0 saturated carbocycles. The average Bonchev–Trinajstić information content (AvgIpc) is 2.34. The predicted octanol–water partition coefficient (Wildman–Crippen LogP) is 7.49. The molecule has 0 aromatic heterocycles. The van der Waals surface area contributed by atoms with E-state index in [1.54, 1.807) is 0 Å². The van der Waals surface area contributed by atoms with Crippen molar-refractivity contribution in [1.29, 1.82) is 0 Å². The quantitative estimate of drug-likeness (QED) is 0.201. The Balaban J connectivity index is 4.74. The van der Waals surface area contributed by atoms with E-state index in [4.69, 9.17) is 8.85 Å². The summed E-state index contributed by atoms with van der Waals surface area (Å²) < 4.78 is 12.8. The maximum absolute atomic E-state index is 6.71. The van der Waals surface area contributed by atoms with Crippen LogP contribution in [0.1, 0.15) is 72.6 Å². The molecule has 0 radical (unpaired) electrons. The smallest absolute Gasteiger partial charge is 0.241 e. The van der Waals surface area contributed by atoms with Crippen LogP contribution < -0.4 is 0 Å². The molecule has 0 aliphatic heterocycles. The summed E-state index contributed by atoms with van der Waals surface area (Å²) in [6, 6.07) is 0. The zero-order valence-electron chi connectivity index (χ0n) is 18.1. The van der Waals surface area contributed by atoms with Gasteiger partial charge in [-0.3, -0.25) is 0 Å². The van der Waals surface area contributed by atoms with Gasteiger partial charge in [-0.1, -0.05) is 66.4 Å². The molecule has 0 aromatic rings. The van der Waals surface area contributed by atoms with E-state index >= 15 is 0 Å². The van der Waals surface area contributed by atoms with Crippen molar-refractivity contribution in [2.45, 2.75) is 117 Å². The average molecular weight is 373 g/mol. The second-order valence-corrected chi connectivity index (χ2v) is 18.8. The Morgan fingerprint density at radius 1 is 0.958 bits per heavy atom. The first-order valence-corrected chi connectivity index (χ1v) is 16.1. The van der Waals surface area contributed by atoms with Crippen LogP contribution in [-0.4, -0.2) is 22.7 Å². The fourth-order valence-electron chi connectivity index (χ4n) is 2.50. The van der Waals surface area contributed by atoms with Gasteiger partial charge in [0.2, 0.25) is 8.32 Å². The van der Waals surface area contributed by atoms with E-state index in [0.29, 0.717) is 0 Å². The van der Waals surface area contributed by atoms with Gasteiger partial charge in [-0.15, -0.1) is 0 Å². The minimum Gasteiger partial charge on any atom is -0.548 e. The molecule has 0 heterocycles. The predicted molar refractivity (Wildman–Crippen MR) is 114 cm³/mol. The Bertz CT molecular complexity index is 365. The largest absolute Gasteiger partial charge is 0.548 e. The van der Waals surface area contributed by atoms with Gasteiger partial charge in [0, 0.05) is 6.42 Å². The molecule has 2 nitrogen and oxygen atoms in total. The molecule has 0 fully saturated rings. The number of hydrogen-bond acceptors (Lipinski definition) is 2. The summed E-state index contributed by atoms with van der Waals surface area (Å²) in [5, 5.41) is 0.244. The van der Waals surface area contributed by atoms with Crippen LogP contribution in [0, 0.1) is 0 Å². The van der Waals surface area contributed by atoms with Gasteiger partial charge in [0.05, 0.1) is 11.9 Å². The van der Waals surface area contributed by atoms with Crippen LogP contribution in [0.5, 0.6) is 0 Å². The van der Waals surface area contributed by atoms with Crippen LogP contribution in [0.25, 0.3) is 0 Å². The van der Waals surface area contributed by atoms with E-state index in [1.807, 2.05) is 0 Å². The summed E-state index contributed by atoms with van der Waals surface area (Å²) in [4.78, 5) is 0. The van der Waals surface area contributed by atoms with Crippen molar-refractivity contribution >= 4 is 16.6 Å². The fourth-order valence-corrected chi connectivity index (χ4v) is 4.84. The van der Waals surface area contributed by atoms with E-state index in [9.17, 15) is 0 Å². The van der Waals surface area contributed by atoms with Crippen LogP contribution in [0.3, 0.4) is 0 Å². The fraction of sp³-hybridized carbons (Fsp3) is 0.900. The van der Waals surface area contributed by atoms with Crippen LogP contribution in [0.15, 0.2) is 12.3 Å². The monoisotopic (exact) mass is 372 g/mol. The lowest BCUT2D eigenvalue weighted by Crippen LogP contribution is -2.44. The molecule has 0 amide bonds. The summed E-state index contributed by atoms with van der Waals surface area (Å²) in [6.45, 7) is 24.7. The molecule has 1 atom stereocenters. The third-order valence-corrected chi connectivity index (χ3v) is 10.2. The molecule has 4 heteroatoms. The molecule has 0 bridgehead atoms. The molecule has 1 unspecified atom stereocenters. The van der Waals surface area contributed by atoms with Crippen LogP contribution in [0.4, 0.5) is 0 Å². The van der Waals surface area contributed by atoms with Crippen molar-refractivity contribution in [2.24, 2.45) is 0 Å². The van der Waals surface area contributed by atoms with Crippen molar-refractivity contribution in [3.05, 3.63) is 12.3 Å². The lowest BCUT2D eigenvalue weighted by atomic mass is 10.1. The third kappa shape index (κ3) is 10.7. The highest BCUT2D eigenvalue weighted by Crippen LogP contribution is 2.38. The van der Waals surface area contributed by atoms with Crippen LogP contribution >= 0.6 is 0 Å². The lowest BCUT2D eigenvalue weighted by Gasteiger charge is -2.39. The number of hydrogen-bond donors (Lipinski definition) is 0. The SMILES string of the molecule is C=C(CC(CCCCCCC)O[Si](C)(C)C(C)(C)C)O[Si](C)(C)C. The van der Waals surface area contributed by atoms with Crippen molar-refractivity contribution in [2.75, 3.05) is 0 Å². The standard InChI is InChI=1S/C20H44O2Si2/c1-11-12-13-14-15-16-19(17-18(2)21-23(6,7)8)22-24(9,10)20(3,4)5/h19H,2,11-17H2,1,3-10H3. The van der Waals surface area contributed by atoms with Gasteiger partial charge >= 0.3 is 0 Å². The van der Waals surface area contributed by atoms with Gasteiger partial charge < -0.3 is 8.85 Å². The molecule has 0 aromatic carbocycles. The van der Waals surface area contributed by atoms with Gasteiger partial charge in [0.25, 0.3) is 0 Å². The van der Waals surface area contributed by atoms with Crippen LogP contribution in [0.2, 0.25) is 37.8 Å². The van der Waals surface area contributed by atoms with Crippen molar-refractivity contribution in [3.63, 3.8) is 0 Å². The van der Waals surface area contributed by atoms with Gasteiger partial charge in [0.15, 0.2) is 8.32 Å². The van der Waals surface area contributed by atoms with E-state index in [-0.39, 0.29) is 11.1 Å². The second-order valence-electron chi connectivity index (χ2n) is 9.66. The minimum atomic E-state index is -1.75. The zero-order chi connectivity index (χ0) is 19.0. The van der Waals surface area contributed by atoms with E-state index in [1.165, 1.54) is 32.1 Å². The summed E-state index contributed by atoms with van der Waals surface area (Å²) in [5.41, 5.74) is 0. The molecular weight excluding hydrogens is 328 g/mol. The van der Waals surface area contributed by atoms with Gasteiger partial charge in [-0.25, -0.2) is 0 Å². The topological polar surface area (TPSA) is 18.5 Å². The first-order chi connectivity index (χ1) is 10.8. The number of unbranched alkanes of at least 4 members (excludes halogenated alkanes) is 4. The number of rotatable bonds is 12.